The van der Waals surface area contributed by atoms with Crippen molar-refractivity contribution in [2.45, 2.75) is 53.1 Å². The molecule has 0 saturated heterocycles. The Kier molecular flexibility index (Phi) is 4.09. The van der Waals surface area contributed by atoms with Crippen molar-refractivity contribution in [3.63, 3.8) is 0 Å². The number of hydrogen-bond acceptors (Lipinski definition) is 4. The molecule has 0 unspecified atom stereocenters. The number of anilines is 1. The fraction of sp³-hybridized carbons (Fsp3) is 0.692. The topological polar surface area (TPSA) is 61.0 Å². The van der Waals surface area contributed by atoms with E-state index >= 15 is 0 Å². The molecule has 0 saturated carbocycles. The Morgan fingerprint density at radius 3 is 2.29 bits per heavy atom. The zero-order valence-electron chi connectivity index (χ0n) is 11.7. The molecule has 0 aliphatic heterocycles. The van der Waals surface area contributed by atoms with Crippen LogP contribution < -0.4 is 5.73 Å². The van der Waals surface area contributed by atoms with Crippen LogP contribution in [-0.2, 0) is 10.3 Å². The molecule has 0 aliphatic carbocycles. The first-order valence-corrected chi connectivity index (χ1v) is 6.08. The van der Waals surface area contributed by atoms with Crippen molar-refractivity contribution in [2.24, 2.45) is 0 Å². The maximum atomic E-state index is 6.01. The minimum atomic E-state index is -0.497. The van der Waals surface area contributed by atoms with Gasteiger partial charge < -0.3 is 10.5 Å². The second kappa shape index (κ2) is 5.00. The van der Waals surface area contributed by atoms with Crippen LogP contribution in [0.1, 0.15) is 57.6 Å². The van der Waals surface area contributed by atoms with E-state index in [-0.39, 0.29) is 0 Å². The van der Waals surface area contributed by atoms with Crippen molar-refractivity contribution in [3.05, 3.63) is 17.1 Å². The Hall–Kier alpha value is -1.16. The monoisotopic (exact) mass is 237 g/mol. The van der Waals surface area contributed by atoms with Crippen LogP contribution in [-0.4, -0.2) is 16.6 Å². The fourth-order valence-electron chi connectivity index (χ4n) is 2.01. The van der Waals surface area contributed by atoms with Gasteiger partial charge in [0.05, 0.1) is 0 Å². The number of aromatic nitrogens is 2. The van der Waals surface area contributed by atoms with Crippen molar-refractivity contribution in [1.82, 2.24) is 9.97 Å². The predicted octanol–water partition coefficient (Wildman–Crippen LogP) is 2.76. The third-order valence-corrected chi connectivity index (χ3v) is 2.79. The van der Waals surface area contributed by atoms with E-state index in [1.807, 2.05) is 27.7 Å². The zero-order valence-corrected chi connectivity index (χ0v) is 11.7. The van der Waals surface area contributed by atoms with Crippen molar-refractivity contribution < 1.29 is 4.74 Å². The lowest BCUT2D eigenvalue weighted by atomic mass is 10.0. The molecule has 4 nitrogen and oxygen atoms in total. The average molecular weight is 237 g/mol. The smallest absolute Gasteiger partial charge is 0.162 e. The molecule has 96 valence electrons. The van der Waals surface area contributed by atoms with Crippen molar-refractivity contribution in [1.29, 1.82) is 0 Å². The molecule has 0 radical (unpaired) electrons. The quantitative estimate of drug-likeness (QED) is 0.874. The molecule has 0 amide bonds. The van der Waals surface area contributed by atoms with Crippen LogP contribution in [0, 0.1) is 6.92 Å². The lowest BCUT2D eigenvalue weighted by molar-refractivity contribution is -0.0208. The van der Waals surface area contributed by atoms with Gasteiger partial charge in [-0.05, 0) is 33.6 Å². The van der Waals surface area contributed by atoms with Gasteiger partial charge in [-0.2, -0.15) is 0 Å². The summed E-state index contributed by atoms with van der Waals surface area (Å²) in [6.07, 6.45) is 0. The van der Waals surface area contributed by atoms with E-state index < -0.39 is 5.60 Å². The summed E-state index contributed by atoms with van der Waals surface area (Å²) < 4.78 is 5.65. The second-order valence-electron chi connectivity index (χ2n) is 5.03. The van der Waals surface area contributed by atoms with E-state index in [1.165, 1.54) is 0 Å². The number of rotatable bonds is 4. The summed E-state index contributed by atoms with van der Waals surface area (Å²) in [5.74, 6) is 1.55. The summed E-state index contributed by atoms with van der Waals surface area (Å²) >= 11 is 0. The molecule has 1 heterocycles. The number of nitrogens with zero attached hydrogens (tertiary/aromatic N) is 2. The minimum Gasteiger partial charge on any atom is -0.383 e. The standard InChI is InChI=1S/C13H23N3O/c1-7-17-13(5,6)12-15-9(4)10(8(2)3)11(14)16-12/h8H,7H2,1-6H3,(H2,14,15,16). The summed E-state index contributed by atoms with van der Waals surface area (Å²) in [5, 5.41) is 0. The van der Waals surface area contributed by atoms with Gasteiger partial charge in [0.25, 0.3) is 0 Å². The van der Waals surface area contributed by atoms with Gasteiger partial charge in [0, 0.05) is 17.9 Å². The molecule has 0 bridgehead atoms. The van der Waals surface area contributed by atoms with Gasteiger partial charge >= 0.3 is 0 Å². The molecule has 4 heteroatoms. The molecular weight excluding hydrogens is 214 g/mol. The third-order valence-electron chi connectivity index (χ3n) is 2.79. The first-order chi connectivity index (χ1) is 7.79. The predicted molar refractivity (Wildman–Crippen MR) is 69.9 cm³/mol. The third kappa shape index (κ3) is 2.94. The molecule has 2 N–H and O–H groups in total. The van der Waals surface area contributed by atoms with Gasteiger partial charge in [0.2, 0.25) is 0 Å². The molecular formula is C13H23N3O. The van der Waals surface area contributed by atoms with Gasteiger partial charge in [-0.3, -0.25) is 0 Å². The van der Waals surface area contributed by atoms with E-state index in [1.54, 1.807) is 0 Å². The minimum absolute atomic E-state index is 0.333. The van der Waals surface area contributed by atoms with Gasteiger partial charge in [-0.25, -0.2) is 9.97 Å². The van der Waals surface area contributed by atoms with Gasteiger partial charge in [0.15, 0.2) is 5.82 Å². The van der Waals surface area contributed by atoms with E-state index in [2.05, 4.69) is 23.8 Å². The number of nitrogen functional groups attached to an aromatic ring is 1. The van der Waals surface area contributed by atoms with Gasteiger partial charge in [-0.15, -0.1) is 0 Å². The molecule has 1 rings (SSSR count). The van der Waals surface area contributed by atoms with Gasteiger partial charge in [0.1, 0.15) is 11.4 Å². The van der Waals surface area contributed by atoms with E-state index in [4.69, 9.17) is 10.5 Å². The maximum Gasteiger partial charge on any atom is 0.162 e. The second-order valence-corrected chi connectivity index (χ2v) is 5.03. The molecule has 0 aromatic carbocycles. The number of hydrogen-bond donors (Lipinski definition) is 1. The van der Waals surface area contributed by atoms with Gasteiger partial charge in [-0.1, -0.05) is 13.8 Å². The molecule has 1 aromatic heterocycles. The maximum absolute atomic E-state index is 6.01. The van der Waals surface area contributed by atoms with E-state index in [9.17, 15) is 0 Å². The summed E-state index contributed by atoms with van der Waals surface area (Å²) in [7, 11) is 0. The SMILES string of the molecule is CCOC(C)(C)c1nc(C)c(C(C)C)c(N)n1. The highest BCUT2D eigenvalue weighted by molar-refractivity contribution is 5.44. The van der Waals surface area contributed by atoms with Crippen LogP contribution in [0.2, 0.25) is 0 Å². The Labute approximate surface area is 104 Å². The first kappa shape index (κ1) is 13.9. The number of nitrogens with two attached hydrogens (primary N) is 1. The fourth-order valence-corrected chi connectivity index (χ4v) is 2.01. The first-order valence-electron chi connectivity index (χ1n) is 6.08. The zero-order chi connectivity index (χ0) is 13.2. The lowest BCUT2D eigenvalue weighted by Crippen LogP contribution is -2.26. The number of aryl methyl sites for hydroxylation is 1. The summed E-state index contributed by atoms with van der Waals surface area (Å²) in [6.45, 7) is 12.7. The van der Waals surface area contributed by atoms with E-state index in [0.29, 0.717) is 24.2 Å². The van der Waals surface area contributed by atoms with Crippen LogP contribution in [0.25, 0.3) is 0 Å². The summed E-state index contributed by atoms with van der Waals surface area (Å²) in [5.41, 5.74) is 7.48. The highest BCUT2D eigenvalue weighted by atomic mass is 16.5. The number of ether oxygens (including phenoxy) is 1. The normalized spacial score (nSPS) is 12.2. The molecule has 0 aliphatic rings. The molecule has 1 aromatic rings. The molecule has 17 heavy (non-hydrogen) atoms. The van der Waals surface area contributed by atoms with Crippen LogP contribution in [0.3, 0.4) is 0 Å². The molecule has 0 spiro atoms. The lowest BCUT2D eigenvalue weighted by Gasteiger charge is -2.24. The van der Waals surface area contributed by atoms with Crippen molar-refractivity contribution >= 4 is 5.82 Å². The molecule has 0 atom stereocenters. The van der Waals surface area contributed by atoms with Crippen LogP contribution in [0.4, 0.5) is 5.82 Å². The highest BCUT2D eigenvalue weighted by Gasteiger charge is 2.26. The highest BCUT2D eigenvalue weighted by Crippen LogP contribution is 2.27. The van der Waals surface area contributed by atoms with Crippen LogP contribution >= 0.6 is 0 Å². The summed E-state index contributed by atoms with van der Waals surface area (Å²) in [4.78, 5) is 8.92. The average Bonchev–Trinajstić information content (AvgIpc) is 2.15. The summed E-state index contributed by atoms with van der Waals surface area (Å²) in [6, 6.07) is 0. The van der Waals surface area contributed by atoms with Crippen LogP contribution in [0.5, 0.6) is 0 Å². The Balaban J connectivity index is 3.23. The van der Waals surface area contributed by atoms with Crippen molar-refractivity contribution in [2.75, 3.05) is 12.3 Å². The largest absolute Gasteiger partial charge is 0.383 e. The van der Waals surface area contributed by atoms with Crippen LogP contribution in [0.15, 0.2) is 0 Å². The Morgan fingerprint density at radius 1 is 1.29 bits per heavy atom. The van der Waals surface area contributed by atoms with E-state index in [0.717, 1.165) is 11.3 Å². The molecule has 0 fully saturated rings. The Morgan fingerprint density at radius 2 is 1.88 bits per heavy atom. The Bertz CT molecular complexity index is 377. The van der Waals surface area contributed by atoms with Crippen molar-refractivity contribution in [3.8, 4) is 0 Å².